The second-order valence-corrected chi connectivity index (χ2v) is 17.4. The molecule has 0 aromatic heterocycles. The Morgan fingerprint density at radius 3 is 1.00 bits per heavy atom. The molecule has 0 bridgehead atoms. The second kappa shape index (κ2) is 54.4. The van der Waals surface area contributed by atoms with Gasteiger partial charge in [0.1, 0.15) is 13.2 Å². The number of carbonyl (C=O) groups is 3. The van der Waals surface area contributed by atoms with E-state index in [0.717, 1.165) is 89.9 Å². The Morgan fingerprint density at radius 2 is 0.612 bits per heavy atom. The first-order valence-electron chi connectivity index (χ1n) is 27.0. The van der Waals surface area contributed by atoms with Crippen LogP contribution in [0.25, 0.3) is 0 Å². The van der Waals surface area contributed by atoms with Crippen molar-refractivity contribution in [2.24, 2.45) is 0 Å². The number of rotatable bonds is 47. The number of ether oxygens (including phenoxy) is 3. The number of allylic oxidation sites excluding steroid dienone is 20. The van der Waals surface area contributed by atoms with Gasteiger partial charge < -0.3 is 14.2 Å². The maximum Gasteiger partial charge on any atom is 0.306 e. The fraction of sp³-hybridized carbons (Fsp3) is 0.623. The first-order valence-corrected chi connectivity index (χ1v) is 27.0. The molecule has 1 unspecified atom stereocenters. The molecule has 0 fully saturated rings. The molecule has 0 aliphatic carbocycles. The Balaban J connectivity index is 4.58. The van der Waals surface area contributed by atoms with Gasteiger partial charge in [-0.3, -0.25) is 14.4 Å². The Labute approximate surface area is 412 Å². The van der Waals surface area contributed by atoms with Crippen LogP contribution in [-0.2, 0) is 28.6 Å². The van der Waals surface area contributed by atoms with Gasteiger partial charge in [0.05, 0.1) is 0 Å². The average molecular weight is 927 g/mol. The number of carbonyl (C=O) groups excluding carboxylic acids is 3. The lowest BCUT2D eigenvalue weighted by atomic mass is 10.1. The minimum atomic E-state index is -0.838. The van der Waals surface area contributed by atoms with Gasteiger partial charge in [-0.05, 0) is 109 Å². The van der Waals surface area contributed by atoms with Gasteiger partial charge in [-0.25, -0.2) is 0 Å². The van der Waals surface area contributed by atoms with E-state index in [1.54, 1.807) is 0 Å². The monoisotopic (exact) mass is 927 g/mol. The molecule has 0 spiro atoms. The molecular formula is C61H98O6. The third kappa shape index (κ3) is 52.6. The van der Waals surface area contributed by atoms with Crippen LogP contribution in [0.15, 0.2) is 122 Å². The molecule has 6 heteroatoms. The van der Waals surface area contributed by atoms with Crippen LogP contribution in [0.2, 0.25) is 0 Å². The van der Waals surface area contributed by atoms with Crippen LogP contribution in [0.1, 0.15) is 226 Å². The average Bonchev–Trinajstić information content (AvgIpc) is 3.33. The molecule has 0 saturated carbocycles. The highest BCUT2D eigenvalue weighted by atomic mass is 16.6. The molecule has 0 amide bonds. The summed E-state index contributed by atoms with van der Waals surface area (Å²) in [6, 6.07) is 0. The Hall–Kier alpha value is -4.19. The van der Waals surface area contributed by atoms with Crippen LogP contribution in [0.4, 0.5) is 0 Å². The van der Waals surface area contributed by atoms with Gasteiger partial charge in [0, 0.05) is 19.3 Å². The minimum absolute atomic E-state index is 0.138. The smallest absolute Gasteiger partial charge is 0.306 e. The van der Waals surface area contributed by atoms with Crippen molar-refractivity contribution in [2.75, 3.05) is 13.2 Å². The van der Waals surface area contributed by atoms with E-state index in [4.69, 9.17) is 14.2 Å². The Kier molecular flexibility index (Phi) is 51.0. The van der Waals surface area contributed by atoms with E-state index in [0.29, 0.717) is 12.8 Å². The van der Waals surface area contributed by atoms with Gasteiger partial charge in [-0.15, -0.1) is 0 Å². The molecule has 0 aliphatic heterocycles. The van der Waals surface area contributed by atoms with Crippen LogP contribution < -0.4 is 0 Å². The van der Waals surface area contributed by atoms with Crippen molar-refractivity contribution >= 4 is 17.9 Å². The van der Waals surface area contributed by atoms with Crippen LogP contribution in [0.3, 0.4) is 0 Å². The van der Waals surface area contributed by atoms with Crippen LogP contribution >= 0.6 is 0 Å². The first kappa shape index (κ1) is 62.8. The van der Waals surface area contributed by atoms with E-state index >= 15 is 0 Å². The summed E-state index contributed by atoms with van der Waals surface area (Å²) in [7, 11) is 0. The summed E-state index contributed by atoms with van der Waals surface area (Å²) in [4.78, 5) is 38.0. The summed E-state index contributed by atoms with van der Waals surface area (Å²) < 4.78 is 16.7. The zero-order valence-corrected chi connectivity index (χ0v) is 43.1. The molecule has 0 aromatic carbocycles. The lowest BCUT2D eigenvalue weighted by Crippen LogP contribution is -2.30. The lowest BCUT2D eigenvalue weighted by Gasteiger charge is -2.18. The predicted molar refractivity (Wildman–Crippen MR) is 288 cm³/mol. The summed E-state index contributed by atoms with van der Waals surface area (Å²) in [5.41, 5.74) is 0. The maximum atomic E-state index is 12.8. The minimum Gasteiger partial charge on any atom is -0.462 e. The predicted octanol–water partition coefficient (Wildman–Crippen LogP) is 18.1. The van der Waals surface area contributed by atoms with E-state index < -0.39 is 6.10 Å². The lowest BCUT2D eigenvalue weighted by molar-refractivity contribution is -0.166. The molecule has 0 N–H and O–H groups in total. The summed E-state index contributed by atoms with van der Waals surface area (Å²) in [6.45, 7) is 6.35. The molecule has 67 heavy (non-hydrogen) atoms. The molecule has 0 heterocycles. The zero-order chi connectivity index (χ0) is 48.6. The standard InChI is InChI=1S/C61H98O6/c1-4-7-10-13-16-19-22-25-27-29-30-32-33-36-39-42-45-48-51-54-60(63)66-57-58(56-65-59(62)53-50-47-44-41-38-35-24-21-18-15-12-9-6-3)67-61(64)55-52-49-46-43-40-37-34-31-28-26-23-20-17-14-11-8-5-2/h7,10,16-17,19-20,25-28,30,32,35-36,38-39,44-45,47-48,58H,4-6,8-9,11-15,18,21-24,29,31,33-34,37,40-43,46,49-57H2,1-3H3/b10-7-,19-16-,20-17-,27-25-,28-26-,32-30-,38-35-,39-36-,47-44-,48-45-. The molecule has 0 rings (SSSR count). The van der Waals surface area contributed by atoms with Crippen molar-refractivity contribution in [1.29, 1.82) is 0 Å². The quantitative estimate of drug-likeness (QED) is 0.0262. The van der Waals surface area contributed by atoms with Gasteiger partial charge in [-0.1, -0.05) is 219 Å². The molecular weight excluding hydrogens is 829 g/mol. The number of esters is 3. The van der Waals surface area contributed by atoms with Crippen LogP contribution in [-0.4, -0.2) is 37.2 Å². The van der Waals surface area contributed by atoms with Gasteiger partial charge >= 0.3 is 17.9 Å². The van der Waals surface area contributed by atoms with Crippen LogP contribution in [0, 0.1) is 0 Å². The van der Waals surface area contributed by atoms with Crippen molar-refractivity contribution < 1.29 is 28.6 Å². The fourth-order valence-electron chi connectivity index (χ4n) is 6.90. The number of hydrogen-bond acceptors (Lipinski definition) is 6. The van der Waals surface area contributed by atoms with Crippen LogP contribution in [0.5, 0.6) is 0 Å². The normalized spacial score (nSPS) is 13.1. The number of unbranched alkanes of at least 4 members (excludes halogenated alkanes) is 16. The van der Waals surface area contributed by atoms with Gasteiger partial charge in [0.25, 0.3) is 0 Å². The molecule has 6 nitrogen and oxygen atoms in total. The molecule has 0 radical (unpaired) electrons. The van der Waals surface area contributed by atoms with Crippen molar-refractivity contribution in [3.63, 3.8) is 0 Å². The number of hydrogen-bond donors (Lipinski definition) is 0. The summed E-state index contributed by atoms with van der Waals surface area (Å²) in [6.07, 6.45) is 74.9. The van der Waals surface area contributed by atoms with E-state index in [-0.39, 0.29) is 50.4 Å². The van der Waals surface area contributed by atoms with E-state index in [2.05, 4.69) is 124 Å². The van der Waals surface area contributed by atoms with Crippen molar-refractivity contribution in [2.45, 2.75) is 232 Å². The molecule has 378 valence electrons. The molecule has 0 saturated heterocycles. The highest BCUT2D eigenvalue weighted by Gasteiger charge is 2.19. The highest BCUT2D eigenvalue weighted by molar-refractivity contribution is 5.71. The van der Waals surface area contributed by atoms with Gasteiger partial charge in [0.15, 0.2) is 6.10 Å². The zero-order valence-electron chi connectivity index (χ0n) is 43.1. The SMILES string of the molecule is CC/C=C\C/C=C\C/C=C\C/C=C\C/C=C\C/C=C\CCC(=O)OCC(COC(=O)CC/C=C\C/C=C\CCCCCCCC)OC(=O)CCCCCCCCC/C=C\C/C=C\CCCCC. The van der Waals surface area contributed by atoms with E-state index in [9.17, 15) is 14.4 Å². The Morgan fingerprint density at radius 1 is 0.313 bits per heavy atom. The van der Waals surface area contributed by atoms with E-state index in [1.165, 1.54) is 83.5 Å². The summed E-state index contributed by atoms with van der Waals surface area (Å²) in [5.74, 6) is -1.10. The second-order valence-electron chi connectivity index (χ2n) is 17.4. The van der Waals surface area contributed by atoms with Gasteiger partial charge in [0.2, 0.25) is 0 Å². The van der Waals surface area contributed by atoms with Crippen molar-refractivity contribution in [1.82, 2.24) is 0 Å². The third-order valence-corrected chi connectivity index (χ3v) is 10.9. The van der Waals surface area contributed by atoms with E-state index in [1.807, 2.05) is 18.2 Å². The maximum absolute atomic E-state index is 12.8. The molecule has 1 atom stereocenters. The molecule has 0 aliphatic rings. The van der Waals surface area contributed by atoms with Gasteiger partial charge in [-0.2, -0.15) is 0 Å². The van der Waals surface area contributed by atoms with Crippen molar-refractivity contribution in [3.05, 3.63) is 122 Å². The highest BCUT2D eigenvalue weighted by Crippen LogP contribution is 2.13. The Bertz CT molecular complexity index is 1440. The van der Waals surface area contributed by atoms with Crippen molar-refractivity contribution in [3.8, 4) is 0 Å². The first-order chi connectivity index (χ1) is 33.0. The molecule has 0 aromatic rings. The topological polar surface area (TPSA) is 78.9 Å². The fourth-order valence-corrected chi connectivity index (χ4v) is 6.90. The summed E-state index contributed by atoms with van der Waals surface area (Å²) in [5, 5.41) is 0. The third-order valence-electron chi connectivity index (χ3n) is 10.9. The largest absolute Gasteiger partial charge is 0.462 e. The summed E-state index contributed by atoms with van der Waals surface area (Å²) >= 11 is 0.